The number of Topliss-reactive ketones (excluding diaryl/α,β-unsaturated/α-hetero) is 1. The van der Waals surface area contributed by atoms with Crippen molar-refractivity contribution in [1.82, 2.24) is 0 Å². The van der Waals surface area contributed by atoms with Gasteiger partial charge in [0, 0.05) is 11.3 Å². The third-order valence-corrected chi connectivity index (χ3v) is 5.61. The number of furan rings is 1. The largest absolute Gasteiger partial charge is 0.507 e. The van der Waals surface area contributed by atoms with Crippen LogP contribution in [0.15, 0.2) is 64.6 Å². The van der Waals surface area contributed by atoms with E-state index in [2.05, 4.69) is 0 Å². The maximum absolute atomic E-state index is 13.1. The van der Waals surface area contributed by atoms with Crippen LogP contribution in [-0.4, -0.2) is 23.9 Å². The maximum atomic E-state index is 13.1. The molecule has 1 aliphatic rings. The van der Waals surface area contributed by atoms with Crippen molar-refractivity contribution in [2.75, 3.05) is 12.0 Å². The topological polar surface area (TPSA) is 80.0 Å². The first-order valence-electron chi connectivity index (χ1n) is 9.91. The summed E-state index contributed by atoms with van der Waals surface area (Å²) in [5.41, 5.74) is 3.03. The van der Waals surface area contributed by atoms with Crippen LogP contribution in [-0.2, 0) is 9.59 Å². The molecule has 1 N–H and O–H groups in total. The Hall–Kier alpha value is -3.80. The highest BCUT2D eigenvalue weighted by Crippen LogP contribution is 2.43. The SMILES string of the molecule is COc1ccc(/C(O)=C2/C(=O)C(=O)N(c3ccc(C)c(C)c3)C2c2ccc(C)o2)cc1. The number of carbonyl (C=O) groups is 2. The minimum atomic E-state index is -0.877. The highest BCUT2D eigenvalue weighted by atomic mass is 16.5. The van der Waals surface area contributed by atoms with Crippen LogP contribution in [0.1, 0.15) is 34.3 Å². The van der Waals surface area contributed by atoms with Gasteiger partial charge in [-0.1, -0.05) is 6.07 Å². The van der Waals surface area contributed by atoms with Crippen molar-refractivity contribution in [3.63, 3.8) is 0 Å². The summed E-state index contributed by atoms with van der Waals surface area (Å²) in [6, 6.07) is 14.8. The van der Waals surface area contributed by atoms with Crippen LogP contribution in [0.4, 0.5) is 5.69 Å². The lowest BCUT2D eigenvalue weighted by Gasteiger charge is -2.24. The predicted molar refractivity (Wildman–Crippen MR) is 117 cm³/mol. The van der Waals surface area contributed by atoms with Crippen molar-refractivity contribution in [1.29, 1.82) is 0 Å². The number of aliphatic hydroxyl groups is 1. The molecule has 1 aliphatic heterocycles. The Morgan fingerprint density at radius 2 is 1.68 bits per heavy atom. The highest BCUT2D eigenvalue weighted by Gasteiger charge is 2.48. The average Bonchev–Trinajstić information content (AvgIpc) is 3.31. The number of methoxy groups -OCH3 is 1. The Morgan fingerprint density at radius 3 is 2.26 bits per heavy atom. The second-order valence-corrected chi connectivity index (χ2v) is 7.61. The number of carbonyl (C=O) groups excluding carboxylic acids is 2. The lowest BCUT2D eigenvalue weighted by atomic mass is 9.99. The van der Waals surface area contributed by atoms with Crippen LogP contribution in [0, 0.1) is 20.8 Å². The van der Waals surface area contributed by atoms with Crippen LogP contribution in [0.2, 0.25) is 0 Å². The highest BCUT2D eigenvalue weighted by molar-refractivity contribution is 6.51. The van der Waals surface area contributed by atoms with E-state index in [0.717, 1.165) is 11.1 Å². The zero-order valence-corrected chi connectivity index (χ0v) is 17.8. The van der Waals surface area contributed by atoms with E-state index < -0.39 is 17.7 Å². The molecule has 1 amide bonds. The van der Waals surface area contributed by atoms with Crippen molar-refractivity contribution in [3.8, 4) is 5.75 Å². The summed E-state index contributed by atoms with van der Waals surface area (Å²) in [7, 11) is 1.54. The number of hydrogen-bond donors (Lipinski definition) is 1. The molecule has 4 rings (SSSR count). The summed E-state index contributed by atoms with van der Waals surface area (Å²) in [4.78, 5) is 27.6. The first-order valence-corrected chi connectivity index (χ1v) is 9.91. The summed E-state index contributed by atoms with van der Waals surface area (Å²) in [6.07, 6.45) is 0. The van der Waals surface area contributed by atoms with Gasteiger partial charge in [-0.3, -0.25) is 14.5 Å². The van der Waals surface area contributed by atoms with Gasteiger partial charge in [0.25, 0.3) is 11.7 Å². The average molecular weight is 417 g/mol. The Morgan fingerprint density at radius 1 is 0.968 bits per heavy atom. The van der Waals surface area contributed by atoms with Gasteiger partial charge < -0.3 is 14.3 Å². The molecule has 0 radical (unpaired) electrons. The number of nitrogens with zero attached hydrogens (tertiary/aromatic N) is 1. The first-order chi connectivity index (χ1) is 14.8. The number of benzene rings is 2. The molecule has 2 heterocycles. The summed E-state index contributed by atoms with van der Waals surface area (Å²) in [5.74, 6) is -0.0604. The summed E-state index contributed by atoms with van der Waals surface area (Å²) >= 11 is 0. The summed E-state index contributed by atoms with van der Waals surface area (Å²) in [5, 5.41) is 11.1. The van der Waals surface area contributed by atoms with Crippen molar-refractivity contribution < 1.29 is 23.8 Å². The summed E-state index contributed by atoms with van der Waals surface area (Å²) in [6.45, 7) is 5.71. The Kier molecular flexibility index (Phi) is 5.15. The smallest absolute Gasteiger partial charge is 0.300 e. The fourth-order valence-electron chi connectivity index (χ4n) is 3.75. The Bertz CT molecular complexity index is 1200. The van der Waals surface area contributed by atoms with Gasteiger partial charge in [0.2, 0.25) is 0 Å². The van der Waals surface area contributed by atoms with Crippen LogP contribution >= 0.6 is 0 Å². The van der Waals surface area contributed by atoms with E-state index >= 15 is 0 Å². The Balaban J connectivity index is 1.91. The molecule has 2 aromatic carbocycles. The van der Waals surface area contributed by atoms with Crippen molar-refractivity contribution >= 4 is 23.1 Å². The third kappa shape index (κ3) is 3.50. The van der Waals surface area contributed by atoms with Crippen LogP contribution < -0.4 is 9.64 Å². The quantitative estimate of drug-likeness (QED) is 0.373. The molecule has 6 heteroatoms. The number of aryl methyl sites for hydroxylation is 3. The molecule has 3 aromatic rings. The van der Waals surface area contributed by atoms with Gasteiger partial charge in [-0.2, -0.15) is 0 Å². The van der Waals surface area contributed by atoms with Crippen LogP contribution in [0.3, 0.4) is 0 Å². The second kappa shape index (κ2) is 7.80. The van der Waals surface area contributed by atoms with Crippen molar-refractivity contribution in [3.05, 3.63) is 88.4 Å². The van der Waals surface area contributed by atoms with E-state index in [-0.39, 0.29) is 11.3 Å². The molecule has 158 valence electrons. The lowest BCUT2D eigenvalue weighted by molar-refractivity contribution is -0.132. The number of amides is 1. The molecule has 1 fully saturated rings. The molecule has 0 spiro atoms. The number of hydrogen-bond acceptors (Lipinski definition) is 5. The number of ether oxygens (including phenoxy) is 1. The first kappa shape index (κ1) is 20.5. The third-order valence-electron chi connectivity index (χ3n) is 5.61. The lowest BCUT2D eigenvalue weighted by Crippen LogP contribution is -2.29. The second-order valence-electron chi connectivity index (χ2n) is 7.61. The van der Waals surface area contributed by atoms with E-state index in [4.69, 9.17) is 9.15 Å². The molecule has 1 atom stereocenters. The van der Waals surface area contributed by atoms with Gasteiger partial charge in [-0.25, -0.2) is 0 Å². The van der Waals surface area contributed by atoms with E-state index in [1.807, 2.05) is 26.0 Å². The molecule has 0 saturated carbocycles. The molecule has 31 heavy (non-hydrogen) atoms. The summed E-state index contributed by atoms with van der Waals surface area (Å²) < 4.78 is 11.0. The minimum Gasteiger partial charge on any atom is -0.507 e. The fourth-order valence-corrected chi connectivity index (χ4v) is 3.75. The number of ketones is 1. The molecule has 6 nitrogen and oxygen atoms in total. The molecule has 1 aromatic heterocycles. The molecular weight excluding hydrogens is 394 g/mol. The van der Waals surface area contributed by atoms with E-state index in [1.165, 1.54) is 4.90 Å². The van der Waals surface area contributed by atoms with E-state index in [1.54, 1.807) is 56.5 Å². The zero-order valence-electron chi connectivity index (χ0n) is 17.8. The maximum Gasteiger partial charge on any atom is 0.300 e. The van der Waals surface area contributed by atoms with Gasteiger partial charge in [-0.15, -0.1) is 0 Å². The molecule has 1 saturated heterocycles. The van der Waals surface area contributed by atoms with Gasteiger partial charge >= 0.3 is 0 Å². The van der Waals surface area contributed by atoms with Crippen molar-refractivity contribution in [2.45, 2.75) is 26.8 Å². The van der Waals surface area contributed by atoms with Gasteiger partial charge in [0.1, 0.15) is 29.1 Å². The van der Waals surface area contributed by atoms with Gasteiger partial charge in [0.05, 0.1) is 12.7 Å². The number of anilines is 1. The minimum absolute atomic E-state index is 0.0113. The standard InChI is InChI=1S/C25H23NO5/c1-14-5-9-18(13-15(14)2)26-22(20-12-6-16(3)31-20)21(24(28)25(26)29)23(27)17-7-10-19(30-4)11-8-17/h5-13,22,27H,1-4H3/b23-21-. The predicted octanol–water partition coefficient (Wildman–Crippen LogP) is 4.84. The van der Waals surface area contributed by atoms with Crippen LogP contribution in [0.5, 0.6) is 5.75 Å². The molecule has 0 bridgehead atoms. The van der Waals surface area contributed by atoms with Crippen LogP contribution in [0.25, 0.3) is 5.76 Å². The monoisotopic (exact) mass is 417 g/mol. The number of rotatable bonds is 4. The fraction of sp³-hybridized carbons (Fsp3) is 0.200. The van der Waals surface area contributed by atoms with E-state index in [9.17, 15) is 14.7 Å². The normalized spacial score (nSPS) is 17.9. The molecule has 1 unspecified atom stereocenters. The molecule has 0 aliphatic carbocycles. The van der Waals surface area contributed by atoms with Gasteiger partial charge in [0.15, 0.2) is 0 Å². The molecular formula is C25H23NO5. The Labute approximate surface area is 180 Å². The van der Waals surface area contributed by atoms with Gasteiger partial charge in [-0.05, 0) is 80.4 Å². The van der Waals surface area contributed by atoms with Crippen molar-refractivity contribution in [2.24, 2.45) is 0 Å². The number of aliphatic hydroxyl groups excluding tert-OH is 1. The van der Waals surface area contributed by atoms with E-state index in [0.29, 0.717) is 28.5 Å². The zero-order chi connectivity index (χ0) is 22.3.